The van der Waals surface area contributed by atoms with Gasteiger partial charge in [-0.15, -0.1) is 0 Å². The van der Waals surface area contributed by atoms with E-state index in [-0.39, 0.29) is 18.2 Å². The third-order valence-corrected chi connectivity index (χ3v) is 5.31. The first-order valence-corrected chi connectivity index (χ1v) is 8.98. The van der Waals surface area contributed by atoms with Gasteiger partial charge in [0, 0.05) is 25.6 Å². The van der Waals surface area contributed by atoms with Crippen LogP contribution in [0.3, 0.4) is 0 Å². The third-order valence-electron chi connectivity index (χ3n) is 5.31. The number of benzene rings is 1. The highest BCUT2D eigenvalue weighted by Gasteiger charge is 2.38. The second kappa shape index (κ2) is 8.40. The van der Waals surface area contributed by atoms with Crippen molar-refractivity contribution in [1.29, 1.82) is 0 Å². The summed E-state index contributed by atoms with van der Waals surface area (Å²) in [5, 5.41) is 3.07. The van der Waals surface area contributed by atoms with Gasteiger partial charge in [0.15, 0.2) is 0 Å². The van der Waals surface area contributed by atoms with E-state index in [1.54, 1.807) is 37.3 Å². The van der Waals surface area contributed by atoms with Crippen LogP contribution in [0.25, 0.3) is 0 Å². The van der Waals surface area contributed by atoms with Gasteiger partial charge in [-0.3, -0.25) is 9.59 Å². The standard InChI is InChI=1S/C19H29N3O4/c1-5-19(6-2,12-20)21-18(24)13-9-17(23)22(11-13)15-8-7-14(25-3)10-16(15)26-4/h7-8,10,13H,5-6,9,11-12,20H2,1-4H3,(H,21,24). The summed E-state index contributed by atoms with van der Waals surface area (Å²) in [6, 6.07) is 5.27. The number of rotatable bonds is 8. The molecular formula is C19H29N3O4. The van der Waals surface area contributed by atoms with Gasteiger partial charge in [-0.1, -0.05) is 13.8 Å². The van der Waals surface area contributed by atoms with Gasteiger partial charge in [-0.25, -0.2) is 0 Å². The zero-order chi connectivity index (χ0) is 19.3. The van der Waals surface area contributed by atoms with E-state index in [9.17, 15) is 9.59 Å². The Labute approximate surface area is 154 Å². The van der Waals surface area contributed by atoms with Crippen LogP contribution in [0, 0.1) is 5.92 Å². The van der Waals surface area contributed by atoms with Crippen LogP contribution in [0.2, 0.25) is 0 Å². The van der Waals surface area contributed by atoms with Crippen LogP contribution in [0.4, 0.5) is 5.69 Å². The maximum absolute atomic E-state index is 12.7. The lowest BCUT2D eigenvalue weighted by atomic mass is 9.91. The number of ether oxygens (including phenoxy) is 2. The quantitative estimate of drug-likeness (QED) is 0.733. The lowest BCUT2D eigenvalue weighted by Crippen LogP contribution is -2.54. The van der Waals surface area contributed by atoms with Crippen LogP contribution < -0.4 is 25.4 Å². The Hall–Kier alpha value is -2.28. The Kier molecular flexibility index (Phi) is 6.47. The molecule has 1 atom stereocenters. The van der Waals surface area contributed by atoms with Crippen molar-refractivity contribution in [2.75, 3.05) is 32.2 Å². The Morgan fingerprint density at radius 3 is 2.54 bits per heavy atom. The largest absolute Gasteiger partial charge is 0.497 e. The van der Waals surface area contributed by atoms with Gasteiger partial charge in [-0.2, -0.15) is 0 Å². The molecule has 1 aromatic carbocycles. The SMILES string of the molecule is CCC(CC)(CN)NC(=O)C1CC(=O)N(c2ccc(OC)cc2OC)C1. The molecule has 0 aromatic heterocycles. The van der Waals surface area contributed by atoms with Crippen LogP contribution in [0.1, 0.15) is 33.1 Å². The molecular weight excluding hydrogens is 334 g/mol. The van der Waals surface area contributed by atoms with Crippen LogP contribution in [-0.4, -0.2) is 44.7 Å². The van der Waals surface area contributed by atoms with Crippen molar-refractivity contribution in [2.24, 2.45) is 11.7 Å². The summed E-state index contributed by atoms with van der Waals surface area (Å²) in [6.07, 6.45) is 1.68. The van der Waals surface area contributed by atoms with E-state index in [1.165, 1.54) is 0 Å². The van der Waals surface area contributed by atoms with Gasteiger partial charge in [0.2, 0.25) is 11.8 Å². The molecule has 0 saturated carbocycles. The minimum absolute atomic E-state index is 0.0973. The number of nitrogens with two attached hydrogens (primary N) is 1. The van der Waals surface area contributed by atoms with E-state index in [4.69, 9.17) is 15.2 Å². The predicted octanol–water partition coefficient (Wildman–Crippen LogP) is 1.69. The van der Waals surface area contributed by atoms with Crippen molar-refractivity contribution in [3.63, 3.8) is 0 Å². The second-order valence-corrected chi connectivity index (χ2v) is 6.62. The molecule has 1 aliphatic rings. The van der Waals surface area contributed by atoms with Crippen molar-refractivity contribution in [3.05, 3.63) is 18.2 Å². The van der Waals surface area contributed by atoms with E-state index in [2.05, 4.69) is 5.32 Å². The lowest BCUT2D eigenvalue weighted by Gasteiger charge is -2.32. The molecule has 0 bridgehead atoms. The molecule has 144 valence electrons. The summed E-state index contributed by atoms with van der Waals surface area (Å²) in [5.74, 6) is 0.558. The first-order valence-electron chi connectivity index (χ1n) is 8.98. The van der Waals surface area contributed by atoms with E-state index < -0.39 is 11.5 Å². The normalized spacial score (nSPS) is 17.3. The predicted molar refractivity (Wildman–Crippen MR) is 101 cm³/mol. The zero-order valence-corrected chi connectivity index (χ0v) is 16.0. The summed E-state index contributed by atoms with van der Waals surface area (Å²) in [7, 11) is 3.11. The fourth-order valence-electron chi connectivity index (χ4n) is 3.25. The number of amides is 2. The molecule has 7 heteroatoms. The van der Waals surface area contributed by atoms with Gasteiger partial charge in [0.25, 0.3) is 0 Å². The minimum Gasteiger partial charge on any atom is -0.497 e. The molecule has 0 aliphatic carbocycles. The van der Waals surface area contributed by atoms with E-state index >= 15 is 0 Å². The van der Waals surface area contributed by atoms with Gasteiger partial charge in [0.05, 0.1) is 31.4 Å². The lowest BCUT2D eigenvalue weighted by molar-refractivity contribution is -0.128. The van der Waals surface area contributed by atoms with Gasteiger partial charge in [-0.05, 0) is 25.0 Å². The molecule has 0 radical (unpaired) electrons. The maximum Gasteiger partial charge on any atom is 0.227 e. The van der Waals surface area contributed by atoms with E-state index in [0.29, 0.717) is 30.3 Å². The number of carbonyl (C=O) groups excluding carboxylic acids is 2. The number of nitrogens with one attached hydrogen (secondary N) is 1. The molecule has 0 spiro atoms. The summed E-state index contributed by atoms with van der Waals surface area (Å²) in [6.45, 7) is 4.71. The highest BCUT2D eigenvalue weighted by Crippen LogP contribution is 2.36. The molecule has 2 rings (SSSR count). The molecule has 1 aliphatic heterocycles. The topological polar surface area (TPSA) is 93.9 Å². The van der Waals surface area contributed by atoms with Crippen molar-refractivity contribution in [1.82, 2.24) is 5.32 Å². The zero-order valence-electron chi connectivity index (χ0n) is 16.0. The van der Waals surface area contributed by atoms with Crippen molar-refractivity contribution in [3.8, 4) is 11.5 Å². The Balaban J connectivity index is 2.17. The summed E-state index contributed by atoms with van der Waals surface area (Å²) in [5.41, 5.74) is 6.10. The number of carbonyl (C=O) groups is 2. The van der Waals surface area contributed by atoms with E-state index in [0.717, 1.165) is 12.8 Å². The highest BCUT2D eigenvalue weighted by atomic mass is 16.5. The molecule has 1 unspecified atom stereocenters. The fraction of sp³-hybridized carbons (Fsp3) is 0.579. The molecule has 2 amide bonds. The first kappa shape index (κ1) is 20.0. The maximum atomic E-state index is 12.7. The van der Waals surface area contributed by atoms with E-state index in [1.807, 2.05) is 13.8 Å². The van der Waals surface area contributed by atoms with Crippen molar-refractivity contribution >= 4 is 17.5 Å². The van der Waals surface area contributed by atoms with Gasteiger partial charge < -0.3 is 25.4 Å². The van der Waals surface area contributed by atoms with Crippen molar-refractivity contribution < 1.29 is 19.1 Å². The summed E-state index contributed by atoms with van der Waals surface area (Å²) >= 11 is 0. The number of hydrogen-bond donors (Lipinski definition) is 2. The van der Waals surface area contributed by atoms with Crippen LogP contribution >= 0.6 is 0 Å². The monoisotopic (exact) mass is 363 g/mol. The molecule has 7 nitrogen and oxygen atoms in total. The average molecular weight is 363 g/mol. The fourth-order valence-corrected chi connectivity index (χ4v) is 3.25. The smallest absolute Gasteiger partial charge is 0.227 e. The number of hydrogen-bond acceptors (Lipinski definition) is 5. The number of nitrogens with zero attached hydrogens (tertiary/aromatic N) is 1. The van der Waals surface area contributed by atoms with Gasteiger partial charge in [0.1, 0.15) is 11.5 Å². The van der Waals surface area contributed by atoms with Crippen molar-refractivity contribution in [2.45, 2.75) is 38.6 Å². The molecule has 1 aromatic rings. The molecule has 1 heterocycles. The summed E-state index contributed by atoms with van der Waals surface area (Å²) in [4.78, 5) is 26.8. The molecule has 3 N–H and O–H groups in total. The van der Waals surface area contributed by atoms with Crippen LogP contribution in [0.15, 0.2) is 18.2 Å². The van der Waals surface area contributed by atoms with Crippen LogP contribution in [0.5, 0.6) is 11.5 Å². The Morgan fingerprint density at radius 2 is 2.00 bits per heavy atom. The Bertz CT molecular complexity index is 650. The van der Waals surface area contributed by atoms with Crippen LogP contribution in [-0.2, 0) is 9.59 Å². The number of anilines is 1. The third kappa shape index (κ3) is 3.93. The molecule has 26 heavy (non-hydrogen) atoms. The Morgan fingerprint density at radius 1 is 1.31 bits per heavy atom. The summed E-state index contributed by atoms with van der Waals surface area (Å²) < 4.78 is 10.6. The molecule has 1 fully saturated rings. The second-order valence-electron chi connectivity index (χ2n) is 6.62. The minimum atomic E-state index is -0.411. The van der Waals surface area contributed by atoms with Gasteiger partial charge >= 0.3 is 0 Å². The highest BCUT2D eigenvalue weighted by molar-refractivity contribution is 6.01. The molecule has 1 saturated heterocycles. The number of methoxy groups -OCH3 is 2. The first-order chi connectivity index (χ1) is 12.4. The average Bonchev–Trinajstić information content (AvgIpc) is 3.07.